The van der Waals surface area contributed by atoms with Crippen LogP contribution in [-0.2, 0) is 13.4 Å². The first-order valence-electron chi connectivity index (χ1n) is 7.23. The lowest BCUT2D eigenvalue weighted by atomic mass is 10.3. The van der Waals surface area contributed by atoms with Crippen LogP contribution < -0.4 is 20.1 Å². The molecule has 5 nitrogen and oxygen atoms in total. The third-order valence-corrected chi connectivity index (χ3v) is 13.4. The van der Waals surface area contributed by atoms with Crippen LogP contribution in [0.15, 0.2) is 48.5 Å². The minimum absolute atomic E-state index is 0.489. The van der Waals surface area contributed by atoms with Gasteiger partial charge in [-0.15, -0.1) is 0 Å². The third kappa shape index (κ3) is 4.66. The third-order valence-electron chi connectivity index (χ3n) is 3.47. The lowest BCUT2D eigenvalue weighted by Gasteiger charge is -2.23. The van der Waals surface area contributed by atoms with Crippen LogP contribution in [0.5, 0.6) is 11.5 Å². The van der Waals surface area contributed by atoms with Crippen molar-refractivity contribution in [2.75, 3.05) is 26.7 Å². The van der Waals surface area contributed by atoms with Gasteiger partial charge in [-0.1, -0.05) is 22.8 Å². The molecule has 0 heterocycles. The molecule has 0 N–H and O–H groups in total. The van der Waals surface area contributed by atoms with E-state index in [1.807, 2.05) is 0 Å². The van der Waals surface area contributed by atoms with Crippen LogP contribution in [0.25, 0.3) is 0 Å². The summed E-state index contributed by atoms with van der Waals surface area (Å²) in [5, 5.41) is 0.979. The van der Waals surface area contributed by atoms with Crippen LogP contribution in [0, 0.1) is 0 Å². The highest BCUT2D eigenvalue weighted by molar-refractivity contribution is 8.63. The van der Waals surface area contributed by atoms with E-state index in [4.69, 9.17) is 13.8 Å². The van der Waals surface area contributed by atoms with Crippen molar-refractivity contribution in [2.45, 2.75) is 0 Å². The van der Waals surface area contributed by atoms with Gasteiger partial charge >= 0.3 is 0 Å². The summed E-state index contributed by atoms with van der Waals surface area (Å²) in [6.45, 7) is -6.72. The second-order valence-electron chi connectivity index (χ2n) is 4.84. The molecule has 0 fully saturated rings. The average molecular weight is 418 g/mol. The lowest BCUT2D eigenvalue weighted by molar-refractivity contribution is 0.415. The normalized spacial score (nSPS) is 15.8. The summed E-state index contributed by atoms with van der Waals surface area (Å²) in [7, 11) is 3.12. The Balaban J connectivity index is 2.38. The standard InChI is InChI=1S/C16H20O5P2S2/c1-19-13-5-9-15(10-6-13)22(17,24-3)21-23(18,25-4)16-11-7-14(20-2)8-12-16/h5-12H,1-4H3. The Morgan fingerprint density at radius 2 is 1.00 bits per heavy atom. The lowest BCUT2D eigenvalue weighted by Crippen LogP contribution is -2.09. The minimum Gasteiger partial charge on any atom is -0.497 e. The minimum atomic E-state index is -3.36. The van der Waals surface area contributed by atoms with Crippen molar-refractivity contribution in [3.8, 4) is 11.5 Å². The van der Waals surface area contributed by atoms with Crippen molar-refractivity contribution in [1.82, 2.24) is 0 Å². The van der Waals surface area contributed by atoms with Gasteiger partial charge in [-0.25, -0.2) is 4.31 Å². The zero-order chi connectivity index (χ0) is 18.5. The quantitative estimate of drug-likeness (QED) is 0.572. The highest BCUT2D eigenvalue weighted by atomic mass is 32.8. The monoisotopic (exact) mass is 418 g/mol. The fraction of sp³-hybridized carbons (Fsp3) is 0.250. The van der Waals surface area contributed by atoms with Crippen LogP contribution in [0.4, 0.5) is 0 Å². The van der Waals surface area contributed by atoms with E-state index >= 15 is 0 Å². The first-order chi connectivity index (χ1) is 11.9. The number of rotatable bonds is 8. The highest BCUT2D eigenvalue weighted by Crippen LogP contribution is 2.72. The number of hydrogen-bond donors (Lipinski definition) is 0. The molecule has 0 aliphatic rings. The van der Waals surface area contributed by atoms with E-state index in [9.17, 15) is 9.13 Å². The van der Waals surface area contributed by atoms with Gasteiger partial charge in [0.05, 0.1) is 14.2 Å². The molecule has 2 atom stereocenters. The molecule has 0 amide bonds. The Kier molecular flexibility index (Phi) is 7.12. The van der Waals surface area contributed by atoms with Gasteiger partial charge in [-0.05, 0) is 61.0 Å². The molecule has 0 saturated heterocycles. The summed E-state index contributed by atoms with van der Waals surface area (Å²) in [5.74, 6) is 1.30. The predicted octanol–water partition coefficient (Wildman–Crippen LogP) is 4.78. The van der Waals surface area contributed by atoms with Crippen molar-refractivity contribution in [2.24, 2.45) is 0 Å². The number of methoxy groups -OCH3 is 2. The van der Waals surface area contributed by atoms with Gasteiger partial charge < -0.3 is 9.47 Å². The van der Waals surface area contributed by atoms with Gasteiger partial charge in [-0.2, -0.15) is 0 Å². The van der Waals surface area contributed by atoms with Gasteiger partial charge in [0, 0.05) is 10.6 Å². The first kappa shape index (κ1) is 20.5. The fourth-order valence-corrected chi connectivity index (χ4v) is 11.2. The zero-order valence-electron chi connectivity index (χ0n) is 14.4. The molecule has 0 spiro atoms. The summed E-state index contributed by atoms with van der Waals surface area (Å²) in [5.41, 5.74) is 0. The van der Waals surface area contributed by atoms with Gasteiger partial charge in [0.1, 0.15) is 11.5 Å². The van der Waals surface area contributed by atoms with E-state index in [1.54, 1.807) is 75.3 Å². The van der Waals surface area contributed by atoms with E-state index in [0.717, 1.165) is 22.8 Å². The van der Waals surface area contributed by atoms with Gasteiger partial charge in [0.25, 0.3) is 13.1 Å². The van der Waals surface area contributed by atoms with Gasteiger partial charge in [0.2, 0.25) is 0 Å². The Morgan fingerprint density at radius 3 is 1.24 bits per heavy atom. The molecular weight excluding hydrogens is 398 g/mol. The maximum atomic E-state index is 13.3. The van der Waals surface area contributed by atoms with Crippen molar-refractivity contribution >= 4 is 46.5 Å². The maximum Gasteiger partial charge on any atom is 0.293 e. The Labute approximate surface area is 156 Å². The topological polar surface area (TPSA) is 61.8 Å². The Bertz CT molecular complexity index is 726. The van der Waals surface area contributed by atoms with Crippen molar-refractivity contribution < 1.29 is 22.9 Å². The highest BCUT2D eigenvalue weighted by Gasteiger charge is 2.37. The van der Waals surface area contributed by atoms with Crippen molar-refractivity contribution in [3.05, 3.63) is 48.5 Å². The molecule has 0 bridgehead atoms. The largest absolute Gasteiger partial charge is 0.497 e. The SMILES string of the molecule is COc1ccc(P(=O)(OP(=O)(SC)c2ccc(OC)cc2)SC)cc1. The first-order valence-corrected chi connectivity index (χ1v) is 14.1. The summed E-state index contributed by atoms with van der Waals surface area (Å²) in [6, 6.07) is 13.5. The van der Waals surface area contributed by atoms with Crippen LogP contribution in [0.3, 0.4) is 0 Å². The van der Waals surface area contributed by atoms with Crippen LogP contribution in [0.1, 0.15) is 0 Å². The molecule has 9 heteroatoms. The molecule has 136 valence electrons. The van der Waals surface area contributed by atoms with Crippen molar-refractivity contribution in [3.63, 3.8) is 0 Å². The maximum absolute atomic E-state index is 13.3. The molecule has 0 aliphatic heterocycles. The molecule has 0 saturated carbocycles. The Hall–Kier alpha value is -0.840. The number of benzene rings is 2. The molecule has 2 unspecified atom stereocenters. The second-order valence-corrected chi connectivity index (χ2v) is 14.3. The Morgan fingerprint density at radius 1 is 0.680 bits per heavy atom. The van der Waals surface area contributed by atoms with Crippen molar-refractivity contribution in [1.29, 1.82) is 0 Å². The molecule has 0 radical (unpaired) electrons. The second kappa shape index (κ2) is 8.70. The van der Waals surface area contributed by atoms with Gasteiger partial charge in [0.15, 0.2) is 0 Å². The number of ether oxygens (including phenoxy) is 2. The van der Waals surface area contributed by atoms with Crippen LogP contribution >= 0.6 is 35.9 Å². The summed E-state index contributed by atoms with van der Waals surface area (Å²) < 4.78 is 42.7. The smallest absolute Gasteiger partial charge is 0.293 e. The molecule has 2 rings (SSSR count). The molecule has 2 aromatic carbocycles. The van der Waals surface area contributed by atoms with Gasteiger partial charge in [-0.3, -0.25) is 9.13 Å². The fourth-order valence-electron chi connectivity index (χ4n) is 2.04. The molecule has 0 aromatic heterocycles. The summed E-state index contributed by atoms with van der Waals surface area (Å²) >= 11 is 2.13. The summed E-state index contributed by atoms with van der Waals surface area (Å²) in [6.07, 6.45) is 3.37. The van der Waals surface area contributed by atoms with E-state index in [1.165, 1.54) is 0 Å². The van der Waals surface area contributed by atoms with E-state index < -0.39 is 13.1 Å². The van der Waals surface area contributed by atoms with E-state index in [-0.39, 0.29) is 0 Å². The average Bonchev–Trinajstić information content (AvgIpc) is 2.67. The van der Waals surface area contributed by atoms with E-state index in [2.05, 4.69) is 0 Å². The molecule has 2 aromatic rings. The van der Waals surface area contributed by atoms with Crippen LogP contribution in [-0.4, -0.2) is 26.7 Å². The number of hydrogen-bond acceptors (Lipinski definition) is 7. The summed E-state index contributed by atoms with van der Waals surface area (Å²) in [4.78, 5) is 0. The predicted molar refractivity (Wildman–Crippen MR) is 109 cm³/mol. The molecule has 0 aliphatic carbocycles. The van der Waals surface area contributed by atoms with E-state index in [0.29, 0.717) is 22.1 Å². The molecule has 25 heavy (non-hydrogen) atoms. The molecular formula is C16H20O5P2S2. The van der Waals surface area contributed by atoms with Crippen LogP contribution in [0.2, 0.25) is 0 Å². The zero-order valence-corrected chi connectivity index (χ0v) is 17.8.